The zero-order valence-electron chi connectivity index (χ0n) is 8.38. The average molecular weight is 196 g/mol. The second kappa shape index (κ2) is 5.44. The van der Waals surface area contributed by atoms with Crippen LogP contribution in [0.1, 0.15) is 29.0 Å². The molecule has 1 amide bonds. The van der Waals surface area contributed by atoms with Crippen LogP contribution in [0.2, 0.25) is 0 Å². The predicted molar refractivity (Wildman–Crippen MR) is 54.1 cm³/mol. The predicted octanol–water partition coefficient (Wildman–Crippen LogP) is 1.06. The van der Waals surface area contributed by atoms with E-state index in [-0.39, 0.29) is 5.91 Å². The fraction of sp³-hybridized carbons (Fsp3) is 0.500. The standard InChI is InChI=1S/C10H16N2O2/c1-8-6-9(7-14-8)10(13)12-5-3-2-4-11/h6-7H,2-5,11H2,1H3,(H,12,13). The van der Waals surface area contributed by atoms with E-state index in [1.807, 2.05) is 6.92 Å². The first-order valence-electron chi connectivity index (χ1n) is 4.77. The number of nitrogens with one attached hydrogen (secondary N) is 1. The molecule has 0 radical (unpaired) electrons. The van der Waals surface area contributed by atoms with Crippen molar-refractivity contribution in [3.63, 3.8) is 0 Å². The van der Waals surface area contributed by atoms with Crippen LogP contribution in [0.5, 0.6) is 0 Å². The summed E-state index contributed by atoms with van der Waals surface area (Å²) in [5.41, 5.74) is 5.91. The van der Waals surface area contributed by atoms with Crippen molar-refractivity contribution in [1.82, 2.24) is 5.32 Å². The van der Waals surface area contributed by atoms with E-state index >= 15 is 0 Å². The van der Waals surface area contributed by atoms with Crippen molar-refractivity contribution in [2.75, 3.05) is 13.1 Å². The molecule has 4 nitrogen and oxygen atoms in total. The van der Waals surface area contributed by atoms with E-state index in [0.29, 0.717) is 18.7 Å². The van der Waals surface area contributed by atoms with Crippen molar-refractivity contribution in [3.05, 3.63) is 23.7 Å². The van der Waals surface area contributed by atoms with Gasteiger partial charge in [0.05, 0.1) is 5.56 Å². The lowest BCUT2D eigenvalue weighted by Gasteiger charge is -2.01. The summed E-state index contributed by atoms with van der Waals surface area (Å²) >= 11 is 0. The Balaban J connectivity index is 2.29. The number of furan rings is 1. The van der Waals surface area contributed by atoms with Crippen LogP contribution in [-0.4, -0.2) is 19.0 Å². The highest BCUT2D eigenvalue weighted by Gasteiger charge is 2.06. The van der Waals surface area contributed by atoms with E-state index in [2.05, 4.69) is 5.32 Å². The molecule has 3 N–H and O–H groups in total. The summed E-state index contributed by atoms with van der Waals surface area (Å²) in [5.74, 6) is 0.663. The molecule has 78 valence electrons. The summed E-state index contributed by atoms with van der Waals surface area (Å²) in [6.45, 7) is 3.14. The van der Waals surface area contributed by atoms with Gasteiger partial charge in [-0.05, 0) is 32.4 Å². The van der Waals surface area contributed by atoms with E-state index in [4.69, 9.17) is 10.2 Å². The number of aryl methyl sites for hydroxylation is 1. The van der Waals surface area contributed by atoms with Crippen LogP contribution in [0, 0.1) is 6.92 Å². The van der Waals surface area contributed by atoms with Gasteiger partial charge >= 0.3 is 0 Å². The monoisotopic (exact) mass is 196 g/mol. The molecule has 0 fully saturated rings. The molecule has 0 saturated carbocycles. The van der Waals surface area contributed by atoms with Gasteiger partial charge in [0.25, 0.3) is 5.91 Å². The van der Waals surface area contributed by atoms with Gasteiger partial charge in [0.15, 0.2) is 0 Å². The Morgan fingerprint density at radius 1 is 1.57 bits per heavy atom. The van der Waals surface area contributed by atoms with Crippen LogP contribution < -0.4 is 11.1 Å². The van der Waals surface area contributed by atoms with Crippen LogP contribution >= 0.6 is 0 Å². The molecular weight excluding hydrogens is 180 g/mol. The fourth-order valence-corrected chi connectivity index (χ4v) is 1.14. The maximum Gasteiger partial charge on any atom is 0.254 e. The van der Waals surface area contributed by atoms with E-state index in [1.54, 1.807) is 6.07 Å². The van der Waals surface area contributed by atoms with Gasteiger partial charge in [0.1, 0.15) is 12.0 Å². The summed E-state index contributed by atoms with van der Waals surface area (Å²) in [5, 5.41) is 2.79. The minimum absolute atomic E-state index is 0.0844. The molecule has 4 heteroatoms. The summed E-state index contributed by atoms with van der Waals surface area (Å²) in [4.78, 5) is 11.4. The van der Waals surface area contributed by atoms with Crippen molar-refractivity contribution in [1.29, 1.82) is 0 Å². The lowest BCUT2D eigenvalue weighted by molar-refractivity contribution is 0.0952. The zero-order valence-corrected chi connectivity index (χ0v) is 8.38. The Morgan fingerprint density at radius 2 is 2.36 bits per heavy atom. The smallest absolute Gasteiger partial charge is 0.254 e. The maximum absolute atomic E-state index is 11.4. The van der Waals surface area contributed by atoms with Crippen molar-refractivity contribution < 1.29 is 9.21 Å². The number of hydrogen-bond acceptors (Lipinski definition) is 3. The average Bonchev–Trinajstić information content (AvgIpc) is 2.59. The van der Waals surface area contributed by atoms with Gasteiger partial charge in [0, 0.05) is 6.54 Å². The number of unbranched alkanes of at least 4 members (excludes halogenated alkanes) is 1. The molecule has 0 spiro atoms. The second-order valence-corrected chi connectivity index (χ2v) is 3.20. The van der Waals surface area contributed by atoms with Crippen LogP contribution in [-0.2, 0) is 0 Å². The quantitative estimate of drug-likeness (QED) is 0.692. The van der Waals surface area contributed by atoms with Gasteiger partial charge in [0.2, 0.25) is 0 Å². The van der Waals surface area contributed by atoms with E-state index in [9.17, 15) is 4.79 Å². The molecule has 0 saturated heterocycles. The maximum atomic E-state index is 11.4. The van der Waals surface area contributed by atoms with Crippen molar-refractivity contribution in [2.45, 2.75) is 19.8 Å². The van der Waals surface area contributed by atoms with Crippen LogP contribution in [0.3, 0.4) is 0 Å². The lowest BCUT2D eigenvalue weighted by Crippen LogP contribution is -2.24. The Bertz CT molecular complexity index is 294. The molecule has 0 aromatic carbocycles. The third-order valence-corrected chi connectivity index (χ3v) is 1.91. The number of nitrogens with two attached hydrogens (primary N) is 1. The van der Waals surface area contributed by atoms with E-state index < -0.39 is 0 Å². The number of rotatable bonds is 5. The summed E-state index contributed by atoms with van der Waals surface area (Å²) in [6, 6.07) is 1.72. The molecule has 1 heterocycles. The first kappa shape index (κ1) is 10.8. The number of amides is 1. The molecular formula is C10H16N2O2. The lowest BCUT2D eigenvalue weighted by atomic mass is 10.2. The largest absolute Gasteiger partial charge is 0.469 e. The van der Waals surface area contributed by atoms with Crippen LogP contribution in [0.25, 0.3) is 0 Å². The fourth-order valence-electron chi connectivity index (χ4n) is 1.14. The van der Waals surface area contributed by atoms with Gasteiger partial charge < -0.3 is 15.5 Å². The van der Waals surface area contributed by atoms with Gasteiger partial charge in [-0.15, -0.1) is 0 Å². The SMILES string of the molecule is Cc1cc(C(=O)NCCCCN)co1. The Labute approximate surface area is 83.5 Å². The molecule has 0 aliphatic heterocycles. The van der Waals surface area contributed by atoms with Crippen LogP contribution in [0.4, 0.5) is 0 Å². The van der Waals surface area contributed by atoms with Gasteiger partial charge in [-0.3, -0.25) is 4.79 Å². The third kappa shape index (κ3) is 3.22. The Hall–Kier alpha value is -1.29. The van der Waals surface area contributed by atoms with Crippen molar-refractivity contribution in [2.24, 2.45) is 5.73 Å². The molecule has 1 aromatic rings. The van der Waals surface area contributed by atoms with Gasteiger partial charge in [-0.2, -0.15) is 0 Å². The van der Waals surface area contributed by atoms with Gasteiger partial charge in [-0.25, -0.2) is 0 Å². The topological polar surface area (TPSA) is 68.3 Å². The molecule has 0 atom stereocenters. The highest BCUT2D eigenvalue weighted by molar-refractivity contribution is 5.93. The molecule has 0 aliphatic carbocycles. The van der Waals surface area contributed by atoms with Crippen molar-refractivity contribution >= 4 is 5.91 Å². The van der Waals surface area contributed by atoms with E-state index in [0.717, 1.165) is 18.6 Å². The number of carbonyl (C=O) groups excluding carboxylic acids is 1. The van der Waals surface area contributed by atoms with Gasteiger partial charge in [-0.1, -0.05) is 0 Å². The Kier molecular flexibility index (Phi) is 4.19. The normalized spacial score (nSPS) is 10.1. The van der Waals surface area contributed by atoms with E-state index in [1.165, 1.54) is 6.26 Å². The Morgan fingerprint density at radius 3 is 2.93 bits per heavy atom. The minimum Gasteiger partial charge on any atom is -0.469 e. The summed E-state index contributed by atoms with van der Waals surface area (Å²) < 4.78 is 5.03. The van der Waals surface area contributed by atoms with Crippen molar-refractivity contribution in [3.8, 4) is 0 Å². The minimum atomic E-state index is -0.0844. The second-order valence-electron chi connectivity index (χ2n) is 3.20. The highest BCUT2D eigenvalue weighted by atomic mass is 16.3. The number of carbonyl (C=O) groups is 1. The zero-order chi connectivity index (χ0) is 10.4. The molecule has 0 aliphatic rings. The van der Waals surface area contributed by atoms with Crippen LogP contribution in [0.15, 0.2) is 16.7 Å². The first-order chi connectivity index (χ1) is 6.74. The first-order valence-corrected chi connectivity index (χ1v) is 4.77. The molecule has 0 unspecified atom stereocenters. The molecule has 0 bridgehead atoms. The number of hydrogen-bond donors (Lipinski definition) is 2. The molecule has 1 aromatic heterocycles. The molecule has 14 heavy (non-hydrogen) atoms. The molecule has 1 rings (SSSR count). The summed E-state index contributed by atoms with van der Waals surface area (Å²) in [7, 11) is 0. The third-order valence-electron chi connectivity index (χ3n) is 1.91. The summed E-state index contributed by atoms with van der Waals surface area (Å²) in [6.07, 6.45) is 3.32. The highest BCUT2D eigenvalue weighted by Crippen LogP contribution is 2.05.